The van der Waals surface area contributed by atoms with Crippen LogP contribution >= 0.6 is 11.3 Å². The molecule has 0 aliphatic heterocycles. The topological polar surface area (TPSA) is 71.1 Å². The summed E-state index contributed by atoms with van der Waals surface area (Å²) in [5.41, 5.74) is 4.55. The largest absolute Gasteiger partial charge is 0.326 e. The van der Waals surface area contributed by atoms with Crippen molar-refractivity contribution in [3.8, 4) is 11.3 Å². The maximum absolute atomic E-state index is 12.2. The molecule has 2 amide bonds. The number of carbonyl (C=O) groups is 2. The zero-order chi connectivity index (χ0) is 19.2. The number of anilines is 2. The van der Waals surface area contributed by atoms with Gasteiger partial charge in [-0.05, 0) is 36.2 Å². The van der Waals surface area contributed by atoms with E-state index in [1.807, 2.05) is 53.9 Å². The third-order valence-electron chi connectivity index (χ3n) is 4.01. The molecule has 1 aromatic heterocycles. The van der Waals surface area contributed by atoms with Crippen LogP contribution in [0.4, 0.5) is 11.4 Å². The van der Waals surface area contributed by atoms with Crippen molar-refractivity contribution >= 4 is 34.5 Å². The number of nitrogens with one attached hydrogen (secondary N) is 2. The molecule has 2 N–H and O–H groups in total. The highest BCUT2D eigenvalue weighted by molar-refractivity contribution is 7.10. The number of carbonyl (C=O) groups excluding carboxylic acids is 2. The van der Waals surface area contributed by atoms with Gasteiger partial charge in [0.25, 0.3) is 0 Å². The molecule has 1 heterocycles. The Bertz CT molecular complexity index is 931. The van der Waals surface area contributed by atoms with E-state index in [0.29, 0.717) is 0 Å². The number of amides is 2. The lowest BCUT2D eigenvalue weighted by atomic mass is 10.1. The van der Waals surface area contributed by atoms with Gasteiger partial charge in [-0.2, -0.15) is 0 Å². The van der Waals surface area contributed by atoms with Gasteiger partial charge in [0, 0.05) is 29.2 Å². The zero-order valence-corrected chi connectivity index (χ0v) is 16.1. The van der Waals surface area contributed by atoms with E-state index in [9.17, 15) is 9.59 Å². The quantitative estimate of drug-likeness (QED) is 0.662. The van der Waals surface area contributed by atoms with Gasteiger partial charge in [-0.1, -0.05) is 31.2 Å². The molecule has 0 radical (unpaired) electrons. The van der Waals surface area contributed by atoms with Crippen LogP contribution in [0.5, 0.6) is 0 Å². The molecule has 0 aliphatic carbocycles. The molecule has 0 bridgehead atoms. The van der Waals surface area contributed by atoms with Crippen LogP contribution in [0.25, 0.3) is 11.3 Å². The summed E-state index contributed by atoms with van der Waals surface area (Å²) in [6.07, 6.45) is 1.21. The van der Waals surface area contributed by atoms with Crippen LogP contribution in [-0.4, -0.2) is 16.8 Å². The number of hydrogen-bond acceptors (Lipinski definition) is 4. The summed E-state index contributed by atoms with van der Waals surface area (Å²) in [6.45, 7) is 3.57. The predicted molar refractivity (Wildman–Crippen MR) is 110 cm³/mol. The Morgan fingerprint density at radius 2 is 1.59 bits per heavy atom. The molecule has 0 saturated carbocycles. The first-order chi connectivity index (χ1) is 13.0. The SMILES string of the molecule is CCc1ccc(NC(=O)Cc2nc(-c3ccc(NC(C)=O)cc3)cs2)cc1. The fraction of sp³-hybridized carbons (Fsp3) is 0.190. The molecular formula is C21H21N3O2S. The molecule has 6 heteroatoms. The molecule has 0 atom stereocenters. The Hall–Kier alpha value is -2.99. The molecule has 0 spiro atoms. The second-order valence-electron chi connectivity index (χ2n) is 6.16. The van der Waals surface area contributed by atoms with Crippen molar-refractivity contribution in [2.75, 3.05) is 10.6 Å². The van der Waals surface area contributed by atoms with Crippen molar-refractivity contribution in [2.45, 2.75) is 26.7 Å². The van der Waals surface area contributed by atoms with Gasteiger partial charge in [0.2, 0.25) is 11.8 Å². The second kappa shape index (κ2) is 8.60. The fourth-order valence-corrected chi connectivity index (χ4v) is 3.42. The summed E-state index contributed by atoms with van der Waals surface area (Å²) in [4.78, 5) is 27.9. The summed E-state index contributed by atoms with van der Waals surface area (Å²) in [7, 11) is 0. The molecule has 0 saturated heterocycles. The van der Waals surface area contributed by atoms with Gasteiger partial charge in [-0.25, -0.2) is 4.98 Å². The van der Waals surface area contributed by atoms with Gasteiger partial charge < -0.3 is 10.6 Å². The molecular weight excluding hydrogens is 358 g/mol. The van der Waals surface area contributed by atoms with E-state index in [0.717, 1.165) is 34.1 Å². The van der Waals surface area contributed by atoms with Gasteiger partial charge in [0.1, 0.15) is 5.01 Å². The summed E-state index contributed by atoms with van der Waals surface area (Å²) in [6, 6.07) is 15.3. The molecule has 0 unspecified atom stereocenters. The first-order valence-corrected chi connectivity index (χ1v) is 9.62. The number of benzene rings is 2. The fourth-order valence-electron chi connectivity index (χ4n) is 2.62. The van der Waals surface area contributed by atoms with Crippen LogP contribution in [0.2, 0.25) is 0 Å². The van der Waals surface area contributed by atoms with Crippen molar-refractivity contribution in [1.82, 2.24) is 4.98 Å². The van der Waals surface area contributed by atoms with Gasteiger partial charge in [-0.15, -0.1) is 11.3 Å². The van der Waals surface area contributed by atoms with Crippen LogP contribution in [0, 0.1) is 0 Å². The highest BCUT2D eigenvalue weighted by atomic mass is 32.1. The number of rotatable bonds is 6. The molecule has 3 aromatic rings. The Balaban J connectivity index is 1.61. The number of thiazole rings is 1. The minimum atomic E-state index is -0.103. The number of aryl methyl sites for hydroxylation is 1. The van der Waals surface area contributed by atoms with E-state index in [2.05, 4.69) is 22.5 Å². The molecule has 27 heavy (non-hydrogen) atoms. The number of hydrogen-bond donors (Lipinski definition) is 2. The van der Waals surface area contributed by atoms with Gasteiger partial charge in [0.05, 0.1) is 12.1 Å². The van der Waals surface area contributed by atoms with Crippen molar-refractivity contribution in [3.63, 3.8) is 0 Å². The zero-order valence-electron chi connectivity index (χ0n) is 15.3. The molecule has 0 aliphatic rings. The van der Waals surface area contributed by atoms with E-state index in [1.165, 1.54) is 23.8 Å². The molecule has 3 rings (SSSR count). The molecule has 138 valence electrons. The average Bonchev–Trinajstić information content (AvgIpc) is 3.11. The minimum Gasteiger partial charge on any atom is -0.326 e. The van der Waals surface area contributed by atoms with Crippen molar-refractivity contribution in [2.24, 2.45) is 0 Å². The summed E-state index contributed by atoms with van der Waals surface area (Å²) in [5, 5.41) is 8.34. The predicted octanol–water partition coefficient (Wildman–Crippen LogP) is 4.51. The summed E-state index contributed by atoms with van der Waals surface area (Å²) >= 11 is 1.46. The van der Waals surface area contributed by atoms with E-state index < -0.39 is 0 Å². The molecule has 0 fully saturated rings. The highest BCUT2D eigenvalue weighted by Crippen LogP contribution is 2.24. The maximum atomic E-state index is 12.2. The Kier molecular flexibility index (Phi) is 5.98. The van der Waals surface area contributed by atoms with Crippen molar-refractivity contribution in [1.29, 1.82) is 0 Å². The lowest BCUT2D eigenvalue weighted by Gasteiger charge is -2.05. The highest BCUT2D eigenvalue weighted by Gasteiger charge is 2.10. The Morgan fingerprint density at radius 3 is 2.22 bits per heavy atom. The summed E-state index contributed by atoms with van der Waals surface area (Å²) < 4.78 is 0. The van der Waals surface area contributed by atoms with Crippen LogP contribution < -0.4 is 10.6 Å². The second-order valence-corrected chi connectivity index (χ2v) is 7.10. The van der Waals surface area contributed by atoms with Crippen LogP contribution in [0.15, 0.2) is 53.9 Å². The normalized spacial score (nSPS) is 10.4. The Labute approximate surface area is 162 Å². The number of nitrogens with zero attached hydrogens (tertiary/aromatic N) is 1. The third kappa shape index (κ3) is 5.24. The van der Waals surface area contributed by atoms with E-state index in [4.69, 9.17) is 0 Å². The third-order valence-corrected chi connectivity index (χ3v) is 4.86. The lowest BCUT2D eigenvalue weighted by molar-refractivity contribution is -0.116. The van der Waals surface area contributed by atoms with Gasteiger partial charge in [0.15, 0.2) is 0 Å². The summed E-state index contributed by atoms with van der Waals surface area (Å²) in [5.74, 6) is -0.185. The molecule has 2 aromatic carbocycles. The van der Waals surface area contributed by atoms with Crippen LogP contribution in [0.3, 0.4) is 0 Å². The van der Waals surface area contributed by atoms with Crippen molar-refractivity contribution < 1.29 is 9.59 Å². The van der Waals surface area contributed by atoms with Gasteiger partial charge in [-0.3, -0.25) is 9.59 Å². The van der Waals surface area contributed by atoms with Crippen molar-refractivity contribution in [3.05, 3.63) is 64.5 Å². The van der Waals surface area contributed by atoms with E-state index >= 15 is 0 Å². The van der Waals surface area contributed by atoms with Crippen LogP contribution in [-0.2, 0) is 22.4 Å². The first-order valence-electron chi connectivity index (χ1n) is 8.74. The maximum Gasteiger partial charge on any atom is 0.231 e. The lowest BCUT2D eigenvalue weighted by Crippen LogP contribution is -2.14. The van der Waals surface area contributed by atoms with Crippen LogP contribution in [0.1, 0.15) is 24.4 Å². The van der Waals surface area contributed by atoms with E-state index in [1.54, 1.807) is 0 Å². The first kappa shape index (κ1) is 18.8. The smallest absolute Gasteiger partial charge is 0.231 e. The minimum absolute atomic E-state index is 0.0823. The Morgan fingerprint density at radius 1 is 0.963 bits per heavy atom. The number of aromatic nitrogens is 1. The molecule has 5 nitrogen and oxygen atoms in total. The van der Waals surface area contributed by atoms with Gasteiger partial charge >= 0.3 is 0 Å². The average molecular weight is 379 g/mol. The standard InChI is InChI=1S/C21H21N3O2S/c1-3-15-4-8-18(9-5-15)23-20(26)12-21-24-19(13-27-21)16-6-10-17(11-7-16)22-14(2)25/h4-11,13H,3,12H2,1-2H3,(H,22,25)(H,23,26). The van der Waals surface area contributed by atoms with E-state index in [-0.39, 0.29) is 18.2 Å². The monoisotopic (exact) mass is 379 g/mol.